The average Bonchev–Trinajstić information content (AvgIpc) is 3.01. The maximum Gasteiger partial charge on any atom is 0.337 e. The summed E-state index contributed by atoms with van der Waals surface area (Å²) in [5, 5.41) is 0.640. The van der Waals surface area contributed by atoms with Crippen molar-refractivity contribution < 1.29 is 0 Å². The molecule has 0 aliphatic carbocycles. The topological polar surface area (TPSA) is 26.9 Å². The van der Waals surface area contributed by atoms with E-state index in [1.54, 1.807) is 21.3 Å². The summed E-state index contributed by atoms with van der Waals surface area (Å²) in [7, 11) is 0. The van der Waals surface area contributed by atoms with E-state index in [1.165, 1.54) is 0 Å². The van der Waals surface area contributed by atoms with Gasteiger partial charge in [-0.25, -0.2) is 4.79 Å². The van der Waals surface area contributed by atoms with Gasteiger partial charge < -0.3 is 0 Å². The van der Waals surface area contributed by atoms with E-state index in [1.807, 2.05) is 79.9 Å². The van der Waals surface area contributed by atoms with Crippen LogP contribution in [0.3, 0.4) is 0 Å². The second kappa shape index (κ2) is 6.70. The van der Waals surface area contributed by atoms with Crippen LogP contribution < -0.4 is 5.69 Å². The van der Waals surface area contributed by atoms with Gasteiger partial charge in [0.05, 0.1) is 17.1 Å². The standard InChI is InChI=1S/C22H17ClN2O/c1-16-7-11-19(12-8-16)24-15-21(17-5-3-2-4-6-17)25(22(24)26)20-13-9-18(23)10-14-20/h2-15H,1H3. The average molecular weight is 361 g/mol. The van der Waals surface area contributed by atoms with E-state index < -0.39 is 0 Å². The lowest BCUT2D eigenvalue weighted by Crippen LogP contribution is -2.22. The first-order valence-electron chi connectivity index (χ1n) is 8.36. The van der Waals surface area contributed by atoms with Crippen molar-refractivity contribution in [3.05, 3.63) is 106 Å². The number of rotatable bonds is 3. The van der Waals surface area contributed by atoms with Crippen molar-refractivity contribution >= 4 is 11.6 Å². The minimum Gasteiger partial charge on any atom is -0.267 e. The van der Waals surface area contributed by atoms with Crippen molar-refractivity contribution in [1.82, 2.24) is 9.13 Å². The molecule has 0 N–H and O–H groups in total. The van der Waals surface area contributed by atoms with Crippen LogP contribution in [0.5, 0.6) is 0 Å². The lowest BCUT2D eigenvalue weighted by atomic mass is 10.1. The largest absolute Gasteiger partial charge is 0.337 e. The van der Waals surface area contributed by atoms with Crippen LogP contribution in [0, 0.1) is 6.92 Å². The van der Waals surface area contributed by atoms with Crippen molar-refractivity contribution in [1.29, 1.82) is 0 Å². The number of hydrogen-bond donors (Lipinski definition) is 0. The van der Waals surface area contributed by atoms with Crippen LogP contribution >= 0.6 is 11.6 Å². The first kappa shape index (κ1) is 16.4. The van der Waals surface area contributed by atoms with Crippen molar-refractivity contribution in [2.75, 3.05) is 0 Å². The van der Waals surface area contributed by atoms with E-state index in [0.717, 1.165) is 28.2 Å². The predicted octanol–water partition coefficient (Wildman–Crippen LogP) is 5.26. The van der Waals surface area contributed by atoms with Gasteiger partial charge in [0, 0.05) is 16.8 Å². The fraction of sp³-hybridized carbons (Fsp3) is 0.0455. The van der Waals surface area contributed by atoms with Crippen molar-refractivity contribution in [3.8, 4) is 22.6 Å². The van der Waals surface area contributed by atoms with Crippen LogP contribution in [0.2, 0.25) is 5.02 Å². The van der Waals surface area contributed by atoms with Gasteiger partial charge in [0.15, 0.2) is 0 Å². The molecule has 0 aliphatic heterocycles. The van der Waals surface area contributed by atoms with E-state index >= 15 is 0 Å². The zero-order valence-electron chi connectivity index (χ0n) is 14.3. The fourth-order valence-corrected chi connectivity index (χ4v) is 3.11. The minimum absolute atomic E-state index is 0.116. The summed E-state index contributed by atoms with van der Waals surface area (Å²) in [6.45, 7) is 2.03. The molecule has 0 saturated heterocycles. The number of nitrogens with zero attached hydrogens (tertiary/aromatic N) is 2. The zero-order valence-corrected chi connectivity index (χ0v) is 15.0. The lowest BCUT2D eigenvalue weighted by Gasteiger charge is -2.07. The van der Waals surface area contributed by atoms with Crippen LogP contribution in [-0.4, -0.2) is 9.13 Å². The number of halogens is 1. The quantitative estimate of drug-likeness (QED) is 0.489. The highest BCUT2D eigenvalue weighted by Gasteiger charge is 2.15. The molecule has 0 unspecified atom stereocenters. The normalized spacial score (nSPS) is 10.8. The van der Waals surface area contributed by atoms with Gasteiger partial charge in [0.25, 0.3) is 0 Å². The molecular weight excluding hydrogens is 344 g/mol. The summed E-state index contributed by atoms with van der Waals surface area (Å²) >= 11 is 6.02. The third-order valence-electron chi connectivity index (χ3n) is 4.36. The molecule has 0 spiro atoms. The smallest absolute Gasteiger partial charge is 0.267 e. The van der Waals surface area contributed by atoms with Crippen LogP contribution in [0.4, 0.5) is 0 Å². The Hall–Kier alpha value is -3.04. The van der Waals surface area contributed by atoms with Gasteiger partial charge in [-0.2, -0.15) is 0 Å². The number of imidazole rings is 1. The van der Waals surface area contributed by atoms with Gasteiger partial charge in [-0.1, -0.05) is 59.6 Å². The number of aryl methyl sites for hydroxylation is 1. The molecule has 0 fully saturated rings. The molecule has 0 aliphatic rings. The first-order chi connectivity index (χ1) is 12.6. The van der Waals surface area contributed by atoms with Crippen LogP contribution in [0.1, 0.15) is 5.56 Å². The second-order valence-electron chi connectivity index (χ2n) is 6.18. The van der Waals surface area contributed by atoms with E-state index in [2.05, 4.69) is 0 Å². The maximum atomic E-state index is 13.2. The molecule has 1 heterocycles. The van der Waals surface area contributed by atoms with E-state index in [-0.39, 0.29) is 5.69 Å². The second-order valence-corrected chi connectivity index (χ2v) is 6.62. The monoisotopic (exact) mass is 360 g/mol. The third kappa shape index (κ3) is 2.98. The number of aromatic nitrogens is 2. The van der Waals surface area contributed by atoms with Gasteiger partial charge in [-0.15, -0.1) is 0 Å². The molecule has 0 saturated carbocycles. The Labute approximate surface area is 156 Å². The molecule has 0 radical (unpaired) electrons. The SMILES string of the molecule is Cc1ccc(-n2cc(-c3ccccc3)n(-c3ccc(Cl)cc3)c2=O)cc1. The van der Waals surface area contributed by atoms with E-state index in [9.17, 15) is 4.79 Å². The Bertz CT molecular complexity index is 1090. The summed E-state index contributed by atoms with van der Waals surface area (Å²) in [6, 6.07) is 25.1. The third-order valence-corrected chi connectivity index (χ3v) is 4.61. The highest BCUT2D eigenvalue weighted by molar-refractivity contribution is 6.30. The molecule has 4 rings (SSSR count). The zero-order chi connectivity index (χ0) is 18.1. The van der Waals surface area contributed by atoms with Crippen LogP contribution in [-0.2, 0) is 0 Å². The summed E-state index contributed by atoms with van der Waals surface area (Å²) in [5.41, 5.74) is 4.47. The molecule has 0 bridgehead atoms. The predicted molar refractivity (Wildman–Crippen MR) is 107 cm³/mol. The molecule has 3 nitrogen and oxygen atoms in total. The molecule has 3 aromatic carbocycles. The Kier molecular flexibility index (Phi) is 4.23. The maximum absolute atomic E-state index is 13.2. The summed E-state index contributed by atoms with van der Waals surface area (Å²) in [6.07, 6.45) is 1.89. The summed E-state index contributed by atoms with van der Waals surface area (Å²) < 4.78 is 3.39. The minimum atomic E-state index is -0.116. The van der Waals surface area contributed by atoms with Crippen LogP contribution in [0.25, 0.3) is 22.6 Å². The molecular formula is C22H17ClN2O. The Morgan fingerprint density at radius 3 is 2.04 bits per heavy atom. The highest BCUT2D eigenvalue weighted by Crippen LogP contribution is 2.24. The van der Waals surface area contributed by atoms with Crippen molar-refractivity contribution in [2.24, 2.45) is 0 Å². The van der Waals surface area contributed by atoms with Gasteiger partial charge in [-0.3, -0.25) is 9.13 Å². The Morgan fingerprint density at radius 2 is 1.38 bits per heavy atom. The number of benzene rings is 3. The van der Waals surface area contributed by atoms with Crippen LogP contribution in [0.15, 0.2) is 89.9 Å². The van der Waals surface area contributed by atoms with Gasteiger partial charge in [0.2, 0.25) is 0 Å². The lowest BCUT2D eigenvalue weighted by molar-refractivity contribution is 0.911. The Balaban J connectivity index is 1.97. The van der Waals surface area contributed by atoms with Gasteiger partial charge >= 0.3 is 5.69 Å². The molecule has 1 aromatic heterocycles. The molecule has 4 heteroatoms. The van der Waals surface area contributed by atoms with Crippen molar-refractivity contribution in [3.63, 3.8) is 0 Å². The van der Waals surface area contributed by atoms with Crippen molar-refractivity contribution in [2.45, 2.75) is 6.92 Å². The number of hydrogen-bond acceptors (Lipinski definition) is 1. The summed E-state index contributed by atoms with van der Waals surface area (Å²) in [5.74, 6) is 0. The van der Waals surface area contributed by atoms with E-state index in [4.69, 9.17) is 11.6 Å². The molecule has 128 valence electrons. The Morgan fingerprint density at radius 1 is 0.769 bits per heavy atom. The first-order valence-corrected chi connectivity index (χ1v) is 8.74. The molecule has 4 aromatic rings. The van der Waals surface area contributed by atoms with E-state index in [0.29, 0.717) is 5.02 Å². The fourth-order valence-electron chi connectivity index (χ4n) is 2.99. The molecule has 0 atom stereocenters. The van der Waals surface area contributed by atoms with Gasteiger partial charge in [0.1, 0.15) is 0 Å². The molecule has 26 heavy (non-hydrogen) atoms. The molecule has 0 amide bonds. The van der Waals surface area contributed by atoms with Gasteiger partial charge in [-0.05, 0) is 43.3 Å². The summed E-state index contributed by atoms with van der Waals surface area (Å²) in [4.78, 5) is 13.2. The highest BCUT2D eigenvalue weighted by atomic mass is 35.5.